The third-order valence-corrected chi connectivity index (χ3v) is 7.37. The molecule has 2 nitrogen and oxygen atoms in total. The highest BCUT2D eigenvalue weighted by Crippen LogP contribution is 2.27. The minimum Gasteiger partial charge on any atom is -0.362 e. The predicted octanol–water partition coefficient (Wildman–Crippen LogP) is 6.33. The molecule has 0 heterocycles. The van der Waals surface area contributed by atoms with Gasteiger partial charge in [0.25, 0.3) is 0 Å². The highest BCUT2D eigenvalue weighted by molar-refractivity contribution is 7.99. The summed E-state index contributed by atoms with van der Waals surface area (Å²) in [6.07, 6.45) is 7.02. The zero-order valence-electron chi connectivity index (χ0n) is 15.7. The molecule has 2 aromatic carbocycles. The summed E-state index contributed by atoms with van der Waals surface area (Å²) in [6.45, 7) is 0.929. The molecule has 5 heteroatoms. The fourth-order valence-corrected chi connectivity index (χ4v) is 5.48. The van der Waals surface area contributed by atoms with Crippen molar-refractivity contribution in [1.29, 1.82) is 0 Å². The SMILES string of the molecule is S=C(NCCSC1CCCCC1)Nc1ccc(CSc2ccccc2)cc1. The zero-order valence-corrected chi connectivity index (χ0v) is 18.1. The third-order valence-electron chi connectivity index (χ3n) is 4.65. The summed E-state index contributed by atoms with van der Waals surface area (Å²) in [5.41, 5.74) is 2.36. The highest BCUT2D eigenvalue weighted by Gasteiger charge is 2.13. The van der Waals surface area contributed by atoms with Crippen LogP contribution in [0.2, 0.25) is 0 Å². The molecule has 0 spiro atoms. The molecule has 1 saturated carbocycles. The Morgan fingerprint density at radius 1 is 0.963 bits per heavy atom. The van der Waals surface area contributed by atoms with Gasteiger partial charge in [0.15, 0.2) is 5.11 Å². The lowest BCUT2D eigenvalue weighted by Gasteiger charge is -2.21. The van der Waals surface area contributed by atoms with Gasteiger partial charge in [0, 0.05) is 33.9 Å². The van der Waals surface area contributed by atoms with E-state index in [1.165, 1.54) is 42.6 Å². The number of thiocarbonyl (C=S) groups is 1. The predicted molar refractivity (Wildman–Crippen MR) is 126 cm³/mol. The number of anilines is 1. The second-order valence-corrected chi connectivity index (χ2v) is 9.68. The first-order chi connectivity index (χ1) is 13.3. The molecule has 1 aliphatic rings. The van der Waals surface area contributed by atoms with E-state index in [0.717, 1.165) is 29.0 Å². The Balaban J connectivity index is 1.33. The van der Waals surface area contributed by atoms with Gasteiger partial charge in [0.1, 0.15) is 0 Å². The van der Waals surface area contributed by atoms with E-state index in [-0.39, 0.29) is 0 Å². The lowest BCUT2D eigenvalue weighted by atomic mass is 10.0. The zero-order chi connectivity index (χ0) is 18.7. The average Bonchev–Trinajstić information content (AvgIpc) is 2.72. The van der Waals surface area contributed by atoms with Crippen LogP contribution in [0.15, 0.2) is 59.5 Å². The number of benzene rings is 2. The van der Waals surface area contributed by atoms with E-state index in [9.17, 15) is 0 Å². The number of hydrogen-bond acceptors (Lipinski definition) is 3. The van der Waals surface area contributed by atoms with Crippen LogP contribution in [0.1, 0.15) is 37.7 Å². The molecule has 3 rings (SSSR count). The summed E-state index contributed by atoms with van der Waals surface area (Å²) < 4.78 is 0. The average molecular weight is 417 g/mol. The van der Waals surface area contributed by atoms with Crippen molar-refractivity contribution in [3.8, 4) is 0 Å². The van der Waals surface area contributed by atoms with E-state index in [0.29, 0.717) is 5.11 Å². The van der Waals surface area contributed by atoms with E-state index < -0.39 is 0 Å². The maximum Gasteiger partial charge on any atom is 0.170 e. The topological polar surface area (TPSA) is 24.1 Å². The summed E-state index contributed by atoms with van der Waals surface area (Å²) in [5.74, 6) is 2.10. The molecule has 27 heavy (non-hydrogen) atoms. The molecule has 1 aliphatic carbocycles. The molecule has 0 atom stereocenters. The monoisotopic (exact) mass is 416 g/mol. The lowest BCUT2D eigenvalue weighted by Crippen LogP contribution is -2.30. The quantitative estimate of drug-likeness (QED) is 0.297. The minimum atomic E-state index is 0.714. The summed E-state index contributed by atoms with van der Waals surface area (Å²) in [5, 5.41) is 8.19. The van der Waals surface area contributed by atoms with Crippen LogP contribution in [0.5, 0.6) is 0 Å². The molecule has 0 aromatic heterocycles. The maximum absolute atomic E-state index is 5.42. The first-order valence-electron chi connectivity index (χ1n) is 9.73. The first kappa shape index (κ1) is 20.6. The Bertz CT molecular complexity index is 682. The van der Waals surface area contributed by atoms with Gasteiger partial charge in [-0.05, 0) is 54.9 Å². The number of hydrogen-bond donors (Lipinski definition) is 2. The van der Waals surface area contributed by atoms with Crippen molar-refractivity contribution >= 4 is 46.5 Å². The van der Waals surface area contributed by atoms with Crippen molar-refractivity contribution in [2.24, 2.45) is 0 Å². The fraction of sp³-hybridized carbons (Fsp3) is 0.409. The summed E-state index contributed by atoms with van der Waals surface area (Å²) >= 11 is 9.37. The Kier molecular flexibility index (Phi) is 8.85. The van der Waals surface area contributed by atoms with Gasteiger partial charge in [-0.1, -0.05) is 49.6 Å². The van der Waals surface area contributed by atoms with Gasteiger partial charge in [-0.15, -0.1) is 11.8 Å². The molecule has 0 saturated heterocycles. The standard InChI is InChI=1S/C22H28N2S3/c25-22(23-15-16-26-20-7-3-1-4-8-20)24-19-13-11-18(12-14-19)17-27-21-9-5-2-6-10-21/h2,5-6,9-14,20H,1,3-4,7-8,15-17H2,(H2,23,24,25). The molecule has 0 aliphatic heterocycles. The van der Waals surface area contributed by atoms with Crippen molar-refractivity contribution in [1.82, 2.24) is 5.32 Å². The molecule has 0 radical (unpaired) electrons. The smallest absolute Gasteiger partial charge is 0.170 e. The molecule has 2 N–H and O–H groups in total. The van der Waals surface area contributed by atoms with Gasteiger partial charge in [-0.25, -0.2) is 0 Å². The van der Waals surface area contributed by atoms with Crippen molar-refractivity contribution in [3.05, 3.63) is 60.2 Å². The van der Waals surface area contributed by atoms with E-state index >= 15 is 0 Å². The second kappa shape index (κ2) is 11.6. The first-order valence-corrected chi connectivity index (χ1v) is 12.2. The van der Waals surface area contributed by atoms with Gasteiger partial charge in [-0.2, -0.15) is 11.8 Å². The van der Waals surface area contributed by atoms with Gasteiger partial charge in [0.2, 0.25) is 0 Å². The van der Waals surface area contributed by atoms with E-state index in [2.05, 4.69) is 77.0 Å². The molecular weight excluding hydrogens is 388 g/mol. The molecule has 0 amide bonds. The Labute approximate surface area is 177 Å². The van der Waals surface area contributed by atoms with Crippen LogP contribution < -0.4 is 10.6 Å². The number of rotatable bonds is 8. The summed E-state index contributed by atoms with van der Waals surface area (Å²) in [7, 11) is 0. The Hall–Kier alpha value is -1.17. The highest BCUT2D eigenvalue weighted by atomic mass is 32.2. The van der Waals surface area contributed by atoms with Crippen LogP contribution in [0.25, 0.3) is 0 Å². The summed E-state index contributed by atoms with van der Waals surface area (Å²) in [4.78, 5) is 1.30. The van der Waals surface area contributed by atoms with Crippen LogP contribution in [-0.4, -0.2) is 22.7 Å². The normalized spacial score (nSPS) is 14.7. The minimum absolute atomic E-state index is 0.714. The molecule has 1 fully saturated rings. The Morgan fingerprint density at radius 2 is 1.70 bits per heavy atom. The van der Waals surface area contributed by atoms with Crippen LogP contribution in [0.4, 0.5) is 5.69 Å². The summed E-state index contributed by atoms with van der Waals surface area (Å²) in [6, 6.07) is 19.1. The fourth-order valence-electron chi connectivity index (χ4n) is 3.16. The molecule has 2 aromatic rings. The van der Waals surface area contributed by atoms with Crippen LogP contribution in [0.3, 0.4) is 0 Å². The van der Waals surface area contributed by atoms with E-state index in [4.69, 9.17) is 12.2 Å². The molecule has 0 bridgehead atoms. The Morgan fingerprint density at radius 3 is 2.44 bits per heavy atom. The van der Waals surface area contributed by atoms with Crippen LogP contribution in [-0.2, 0) is 5.75 Å². The lowest BCUT2D eigenvalue weighted by molar-refractivity contribution is 0.516. The van der Waals surface area contributed by atoms with Gasteiger partial charge >= 0.3 is 0 Å². The van der Waals surface area contributed by atoms with Crippen molar-refractivity contribution in [2.75, 3.05) is 17.6 Å². The van der Waals surface area contributed by atoms with E-state index in [1.54, 1.807) is 0 Å². The molecular formula is C22H28N2S3. The van der Waals surface area contributed by atoms with Gasteiger partial charge in [-0.3, -0.25) is 0 Å². The van der Waals surface area contributed by atoms with Crippen molar-refractivity contribution in [3.63, 3.8) is 0 Å². The number of thioether (sulfide) groups is 2. The van der Waals surface area contributed by atoms with E-state index in [1.807, 2.05) is 11.8 Å². The maximum atomic E-state index is 5.42. The largest absolute Gasteiger partial charge is 0.362 e. The molecule has 0 unspecified atom stereocenters. The second-order valence-electron chi connectivity index (χ2n) is 6.81. The van der Waals surface area contributed by atoms with Crippen LogP contribution in [0, 0.1) is 0 Å². The third kappa shape index (κ3) is 7.76. The van der Waals surface area contributed by atoms with Crippen molar-refractivity contribution < 1.29 is 0 Å². The molecule has 144 valence electrons. The van der Waals surface area contributed by atoms with Crippen LogP contribution >= 0.6 is 35.7 Å². The van der Waals surface area contributed by atoms with Gasteiger partial charge in [0.05, 0.1) is 0 Å². The number of nitrogens with one attached hydrogen (secondary N) is 2. The van der Waals surface area contributed by atoms with Gasteiger partial charge < -0.3 is 10.6 Å². The van der Waals surface area contributed by atoms with Crippen molar-refractivity contribution in [2.45, 2.75) is 48.0 Å².